The number of hydrogen-bond acceptors (Lipinski definition) is 5. The molecule has 3 aliphatic rings. The van der Waals surface area contributed by atoms with Gasteiger partial charge in [0, 0.05) is 26.3 Å². The highest BCUT2D eigenvalue weighted by atomic mass is 16.5. The molecule has 1 fully saturated rings. The summed E-state index contributed by atoms with van der Waals surface area (Å²) in [4.78, 5) is 19.0. The van der Waals surface area contributed by atoms with Gasteiger partial charge >= 0.3 is 5.97 Å². The van der Waals surface area contributed by atoms with Gasteiger partial charge in [-0.05, 0) is 55.0 Å². The van der Waals surface area contributed by atoms with Gasteiger partial charge in [-0.25, -0.2) is 9.78 Å². The van der Waals surface area contributed by atoms with Crippen LogP contribution in [0.25, 0.3) is 0 Å². The molecule has 1 spiro atoms. The van der Waals surface area contributed by atoms with Crippen LogP contribution >= 0.6 is 0 Å². The van der Waals surface area contributed by atoms with E-state index in [0.717, 1.165) is 45.2 Å². The number of ether oxygens (including phenoxy) is 2. The van der Waals surface area contributed by atoms with Gasteiger partial charge in [-0.15, -0.1) is 0 Å². The van der Waals surface area contributed by atoms with Crippen LogP contribution in [0.1, 0.15) is 47.3 Å². The van der Waals surface area contributed by atoms with Crippen LogP contribution in [-0.4, -0.2) is 49.3 Å². The fraction of sp³-hybridized carbons (Fsp3) is 0.579. The van der Waals surface area contributed by atoms with Gasteiger partial charge < -0.3 is 9.47 Å². The highest BCUT2D eigenvalue weighted by Crippen LogP contribution is 2.52. The molecule has 1 saturated heterocycles. The molecule has 24 heavy (non-hydrogen) atoms. The van der Waals surface area contributed by atoms with Crippen LogP contribution in [0.2, 0.25) is 0 Å². The van der Waals surface area contributed by atoms with E-state index in [0.29, 0.717) is 5.69 Å². The number of carbonyl (C=O) groups excluding carboxylic acids is 1. The molecular weight excluding hydrogens is 304 g/mol. The zero-order valence-electron chi connectivity index (χ0n) is 14.4. The van der Waals surface area contributed by atoms with Crippen molar-refractivity contribution in [1.82, 2.24) is 9.88 Å². The molecule has 4 rings (SSSR count). The van der Waals surface area contributed by atoms with Crippen LogP contribution in [0.4, 0.5) is 0 Å². The molecule has 0 amide bonds. The van der Waals surface area contributed by atoms with Crippen molar-refractivity contribution in [3.63, 3.8) is 0 Å². The number of carbonyl (C=O) groups is 1. The summed E-state index contributed by atoms with van der Waals surface area (Å²) >= 11 is 0. The Balaban J connectivity index is 1.90. The summed E-state index contributed by atoms with van der Waals surface area (Å²) in [6.07, 6.45) is 9.63. The van der Waals surface area contributed by atoms with E-state index in [1.165, 1.54) is 23.8 Å². The highest BCUT2D eigenvalue weighted by Gasteiger charge is 2.51. The lowest BCUT2D eigenvalue weighted by Gasteiger charge is -2.44. The molecule has 1 aromatic heterocycles. The Hall–Kier alpha value is -1.72. The van der Waals surface area contributed by atoms with Gasteiger partial charge in [0.15, 0.2) is 0 Å². The average molecular weight is 328 g/mol. The largest absolute Gasteiger partial charge is 0.464 e. The van der Waals surface area contributed by atoms with E-state index in [4.69, 9.17) is 9.47 Å². The molecule has 0 bridgehead atoms. The quantitative estimate of drug-likeness (QED) is 0.616. The van der Waals surface area contributed by atoms with Crippen LogP contribution < -0.4 is 0 Å². The molecule has 3 heterocycles. The second-order valence-corrected chi connectivity index (χ2v) is 6.95. The van der Waals surface area contributed by atoms with E-state index in [1.807, 2.05) is 12.3 Å². The van der Waals surface area contributed by atoms with Crippen LogP contribution in [-0.2, 0) is 21.4 Å². The van der Waals surface area contributed by atoms with Crippen LogP contribution in [0.3, 0.4) is 0 Å². The van der Waals surface area contributed by atoms with E-state index in [-0.39, 0.29) is 17.6 Å². The number of pyridine rings is 1. The Kier molecular flexibility index (Phi) is 3.93. The Morgan fingerprint density at radius 3 is 3.00 bits per heavy atom. The van der Waals surface area contributed by atoms with Gasteiger partial charge in [-0.3, -0.25) is 4.90 Å². The zero-order valence-corrected chi connectivity index (χ0v) is 14.4. The SMILES string of the molecule is COC(=O)c1cc2c(cn1)CCCN1CCC3=CCC(OC)CC321. The molecule has 2 aliphatic heterocycles. The van der Waals surface area contributed by atoms with Gasteiger partial charge in [0.25, 0.3) is 0 Å². The normalized spacial score (nSPS) is 29.1. The molecule has 0 saturated carbocycles. The number of fused-ring (bicyclic) bond motifs is 1. The highest BCUT2D eigenvalue weighted by molar-refractivity contribution is 5.87. The van der Waals surface area contributed by atoms with Crippen molar-refractivity contribution in [3.05, 3.63) is 40.7 Å². The monoisotopic (exact) mass is 328 g/mol. The van der Waals surface area contributed by atoms with Crippen molar-refractivity contribution in [1.29, 1.82) is 0 Å². The topological polar surface area (TPSA) is 51.7 Å². The first kappa shape index (κ1) is 15.8. The van der Waals surface area contributed by atoms with E-state index in [9.17, 15) is 4.79 Å². The third kappa shape index (κ3) is 2.22. The van der Waals surface area contributed by atoms with Crippen LogP contribution in [0.15, 0.2) is 23.9 Å². The summed E-state index contributed by atoms with van der Waals surface area (Å²) in [7, 11) is 3.20. The van der Waals surface area contributed by atoms with Gasteiger partial charge in [0.1, 0.15) is 5.69 Å². The van der Waals surface area contributed by atoms with Crippen molar-refractivity contribution in [3.8, 4) is 0 Å². The predicted octanol–water partition coefficient (Wildman–Crippen LogP) is 2.45. The first-order valence-corrected chi connectivity index (χ1v) is 8.74. The molecule has 0 aromatic carbocycles. The smallest absolute Gasteiger partial charge is 0.356 e. The maximum atomic E-state index is 12.0. The Morgan fingerprint density at radius 1 is 1.33 bits per heavy atom. The summed E-state index contributed by atoms with van der Waals surface area (Å²) in [6, 6.07) is 1.97. The third-order valence-electron chi connectivity index (χ3n) is 5.91. The fourth-order valence-electron chi connectivity index (χ4n) is 4.75. The number of aryl methyl sites for hydroxylation is 1. The minimum atomic E-state index is -0.368. The maximum Gasteiger partial charge on any atom is 0.356 e. The average Bonchev–Trinajstić information content (AvgIpc) is 2.92. The van der Waals surface area contributed by atoms with Crippen molar-refractivity contribution in [2.75, 3.05) is 27.3 Å². The van der Waals surface area contributed by atoms with Crippen LogP contribution in [0.5, 0.6) is 0 Å². The number of aromatic nitrogens is 1. The molecule has 0 radical (unpaired) electrons. The molecule has 2 atom stereocenters. The van der Waals surface area contributed by atoms with Gasteiger partial charge in [-0.2, -0.15) is 0 Å². The van der Waals surface area contributed by atoms with Crippen molar-refractivity contribution in [2.45, 2.75) is 43.7 Å². The molecule has 5 heteroatoms. The Labute approximate surface area is 142 Å². The number of esters is 1. The summed E-state index contributed by atoms with van der Waals surface area (Å²) in [6.45, 7) is 2.16. The van der Waals surface area contributed by atoms with Crippen LogP contribution in [0, 0.1) is 0 Å². The lowest BCUT2D eigenvalue weighted by atomic mass is 9.73. The molecule has 0 N–H and O–H groups in total. The first-order chi connectivity index (χ1) is 11.7. The minimum absolute atomic E-state index is 0.129. The lowest BCUT2D eigenvalue weighted by Crippen LogP contribution is -2.46. The molecule has 1 aromatic rings. The number of nitrogens with zero attached hydrogens (tertiary/aromatic N) is 2. The van der Waals surface area contributed by atoms with Crippen molar-refractivity contribution >= 4 is 5.97 Å². The molecule has 2 unspecified atom stereocenters. The molecule has 128 valence electrons. The van der Waals surface area contributed by atoms with E-state index < -0.39 is 0 Å². The molecule has 1 aliphatic carbocycles. The zero-order chi connectivity index (χ0) is 16.7. The Morgan fingerprint density at radius 2 is 2.21 bits per heavy atom. The first-order valence-electron chi connectivity index (χ1n) is 8.74. The molecule has 5 nitrogen and oxygen atoms in total. The predicted molar refractivity (Wildman–Crippen MR) is 89.9 cm³/mol. The Bertz CT molecular complexity index is 700. The number of methoxy groups -OCH3 is 2. The fourth-order valence-corrected chi connectivity index (χ4v) is 4.75. The van der Waals surface area contributed by atoms with Gasteiger partial charge in [0.05, 0.1) is 18.8 Å². The number of hydrogen-bond donors (Lipinski definition) is 0. The van der Waals surface area contributed by atoms with Crippen molar-refractivity contribution < 1.29 is 14.3 Å². The standard InChI is InChI=1S/C19H24N2O3/c1-23-15-6-5-14-7-9-21-8-3-4-13-12-20-17(18(22)24-2)10-16(13)19(14,21)11-15/h5,10,12,15H,3-4,6-9,11H2,1-2H3. The minimum Gasteiger partial charge on any atom is -0.464 e. The number of rotatable bonds is 2. The maximum absolute atomic E-state index is 12.0. The van der Waals surface area contributed by atoms with Crippen molar-refractivity contribution in [2.24, 2.45) is 0 Å². The summed E-state index contributed by atoms with van der Waals surface area (Å²) in [5.41, 5.74) is 4.26. The van der Waals surface area contributed by atoms with E-state index in [2.05, 4.69) is 16.0 Å². The summed E-state index contributed by atoms with van der Waals surface area (Å²) in [5.74, 6) is -0.368. The summed E-state index contributed by atoms with van der Waals surface area (Å²) in [5, 5.41) is 0. The van der Waals surface area contributed by atoms with Gasteiger partial charge in [-0.1, -0.05) is 6.08 Å². The van der Waals surface area contributed by atoms with E-state index in [1.54, 1.807) is 7.11 Å². The third-order valence-corrected chi connectivity index (χ3v) is 5.91. The lowest BCUT2D eigenvalue weighted by molar-refractivity contribution is 0.0346. The second-order valence-electron chi connectivity index (χ2n) is 6.95. The van der Waals surface area contributed by atoms with Gasteiger partial charge in [0.2, 0.25) is 0 Å². The molecular formula is C19H24N2O3. The van der Waals surface area contributed by atoms with E-state index >= 15 is 0 Å². The summed E-state index contributed by atoms with van der Waals surface area (Å²) < 4.78 is 10.6. The second kappa shape index (κ2) is 5.97.